The van der Waals surface area contributed by atoms with Gasteiger partial charge in [0.15, 0.2) is 15.6 Å². The van der Waals surface area contributed by atoms with Gasteiger partial charge in [0.05, 0.1) is 49.1 Å². The summed E-state index contributed by atoms with van der Waals surface area (Å²) in [4.78, 5) is 72.3. The molecular formula is C54H85NO16S. The summed E-state index contributed by atoms with van der Waals surface area (Å²) < 4.78 is 54.7. The van der Waals surface area contributed by atoms with E-state index in [2.05, 4.69) is 0 Å². The van der Waals surface area contributed by atoms with E-state index in [-0.39, 0.29) is 80.0 Å². The molecule has 0 radical (unpaired) electrons. The number of allylic oxidation sites excluding steroid dienone is 6. The predicted molar refractivity (Wildman–Crippen MR) is 270 cm³/mol. The fourth-order valence-corrected chi connectivity index (χ4v) is 11.4. The Hall–Kier alpha value is -3.46. The molecule has 3 fully saturated rings. The number of aliphatic hydroxyl groups is 4. The van der Waals surface area contributed by atoms with Crippen LogP contribution >= 0.6 is 0 Å². The number of hydrogen-bond donors (Lipinski definition) is 4. The van der Waals surface area contributed by atoms with Gasteiger partial charge in [-0.3, -0.25) is 19.2 Å². The molecule has 2 bridgehead atoms. The van der Waals surface area contributed by atoms with Crippen LogP contribution in [-0.4, -0.2) is 163 Å². The second-order valence-electron chi connectivity index (χ2n) is 21.1. The number of piperidine rings is 1. The molecule has 15 atom stereocenters. The summed E-state index contributed by atoms with van der Waals surface area (Å²) >= 11 is 0. The molecule has 3 heterocycles. The molecule has 18 heteroatoms. The molecule has 2 saturated heterocycles. The molecule has 1 saturated carbocycles. The van der Waals surface area contributed by atoms with Crippen molar-refractivity contribution in [3.63, 3.8) is 0 Å². The summed E-state index contributed by atoms with van der Waals surface area (Å²) in [6.07, 6.45) is 9.06. The number of aliphatic hydroxyl groups excluding tert-OH is 3. The SMILES string of the molecule is CO[C@@H]1C[C@H](C[C@@H](C)[C@@H]2CC(=O)[C@H](C)/C=C(\C)[C@@H](O)[C@@H](OC)C(=O)[C@H](C)C[C@H](C)/C=C/C=C/C=C(\C)C(OCCS(=O)(=O)CCO)C[C@@H]3CC[C@@H](C)[C@@](O)(O3)C(=O)C(=O)N3CCCC[C@H]3C(=O)O2)CC[C@H]1O. The number of hydrogen-bond acceptors (Lipinski definition) is 16. The number of Topliss-reactive ketones (excluding diaryl/α,β-unsaturated/α-hetero) is 3. The monoisotopic (exact) mass is 1040 g/mol. The second-order valence-corrected chi connectivity index (χ2v) is 23.4. The number of methoxy groups -OCH3 is 2. The van der Waals surface area contributed by atoms with Crippen LogP contribution in [0.5, 0.6) is 0 Å². The Kier molecular flexibility index (Phi) is 24.1. The van der Waals surface area contributed by atoms with E-state index in [0.29, 0.717) is 62.5 Å². The molecule has 4 rings (SSSR count). The van der Waals surface area contributed by atoms with Crippen molar-refractivity contribution in [2.24, 2.45) is 35.5 Å². The van der Waals surface area contributed by atoms with Gasteiger partial charge < -0.3 is 49.0 Å². The van der Waals surface area contributed by atoms with Gasteiger partial charge >= 0.3 is 5.97 Å². The van der Waals surface area contributed by atoms with Crippen LogP contribution in [0.25, 0.3) is 0 Å². The average molecular weight is 1040 g/mol. The zero-order valence-corrected chi connectivity index (χ0v) is 44.9. The molecule has 0 aromatic rings. The van der Waals surface area contributed by atoms with Gasteiger partial charge in [0, 0.05) is 51.4 Å². The van der Waals surface area contributed by atoms with Crippen LogP contribution in [0.1, 0.15) is 126 Å². The van der Waals surface area contributed by atoms with E-state index in [1.54, 1.807) is 66.0 Å². The highest BCUT2D eigenvalue weighted by molar-refractivity contribution is 7.91. The van der Waals surface area contributed by atoms with Gasteiger partial charge in [-0.1, -0.05) is 71.1 Å². The molecular weight excluding hydrogens is 951 g/mol. The number of carbonyl (C=O) groups excluding carboxylic acids is 5. The van der Waals surface area contributed by atoms with Crippen LogP contribution < -0.4 is 0 Å². The van der Waals surface area contributed by atoms with Crippen LogP contribution in [0.2, 0.25) is 0 Å². The number of rotatable bonds is 11. The van der Waals surface area contributed by atoms with E-state index >= 15 is 0 Å². The van der Waals surface area contributed by atoms with E-state index in [1.165, 1.54) is 7.11 Å². The summed E-state index contributed by atoms with van der Waals surface area (Å²) in [6, 6.07) is -1.21. The second kappa shape index (κ2) is 28.4. The smallest absolute Gasteiger partial charge is 0.329 e. The number of ketones is 3. The molecule has 0 aromatic heterocycles. The van der Waals surface area contributed by atoms with E-state index in [0.717, 1.165) is 4.90 Å². The highest BCUT2D eigenvalue weighted by atomic mass is 32.2. The Bertz CT molecular complexity index is 2070. The summed E-state index contributed by atoms with van der Waals surface area (Å²) in [7, 11) is -0.721. The molecule has 0 spiro atoms. The first kappa shape index (κ1) is 61.1. The zero-order chi connectivity index (χ0) is 53.5. The highest BCUT2D eigenvalue weighted by Crippen LogP contribution is 2.38. The number of carbonyl (C=O) groups is 5. The highest BCUT2D eigenvalue weighted by Gasteiger charge is 2.53. The Balaban J connectivity index is 1.73. The Morgan fingerprint density at radius 3 is 2.28 bits per heavy atom. The van der Waals surface area contributed by atoms with E-state index in [4.69, 9.17) is 23.7 Å². The fourth-order valence-electron chi connectivity index (χ4n) is 10.6. The number of fused-ring (bicyclic) bond motifs is 3. The third kappa shape index (κ3) is 17.0. The van der Waals surface area contributed by atoms with E-state index < -0.39 is 106 Å². The third-order valence-electron chi connectivity index (χ3n) is 15.3. The van der Waals surface area contributed by atoms with Gasteiger partial charge in [0.1, 0.15) is 30.1 Å². The van der Waals surface area contributed by atoms with Crippen molar-refractivity contribution in [1.29, 1.82) is 0 Å². The van der Waals surface area contributed by atoms with Crippen molar-refractivity contribution < 1.29 is 76.5 Å². The number of cyclic esters (lactones) is 1. The minimum absolute atomic E-state index is 0.0219. The molecule has 1 aliphatic carbocycles. The molecule has 72 heavy (non-hydrogen) atoms. The summed E-state index contributed by atoms with van der Waals surface area (Å²) in [6.45, 7) is 11.6. The zero-order valence-electron chi connectivity index (χ0n) is 44.1. The van der Waals surface area contributed by atoms with Crippen LogP contribution in [0.15, 0.2) is 47.6 Å². The van der Waals surface area contributed by atoms with Gasteiger partial charge in [-0.2, -0.15) is 0 Å². The summed E-state index contributed by atoms with van der Waals surface area (Å²) in [5, 5.41) is 43.3. The van der Waals surface area contributed by atoms with Crippen molar-refractivity contribution in [3.8, 4) is 0 Å². The average Bonchev–Trinajstić information content (AvgIpc) is 3.33. The molecule has 0 aromatic carbocycles. The van der Waals surface area contributed by atoms with Crippen LogP contribution in [-0.2, 0) is 57.5 Å². The minimum atomic E-state index is -3.62. The predicted octanol–water partition coefficient (Wildman–Crippen LogP) is 4.96. The van der Waals surface area contributed by atoms with Crippen molar-refractivity contribution in [3.05, 3.63) is 47.6 Å². The van der Waals surface area contributed by atoms with E-state index in [9.17, 15) is 52.8 Å². The lowest BCUT2D eigenvalue weighted by Crippen LogP contribution is -2.61. The van der Waals surface area contributed by atoms with Crippen LogP contribution in [0, 0.1) is 35.5 Å². The van der Waals surface area contributed by atoms with Gasteiger partial charge in [-0.05, 0) is 107 Å². The molecule has 1 amide bonds. The molecule has 4 N–H and O–H groups in total. The van der Waals surface area contributed by atoms with Crippen molar-refractivity contribution >= 4 is 39.1 Å². The maximum atomic E-state index is 14.5. The molecule has 3 aliphatic heterocycles. The van der Waals surface area contributed by atoms with Crippen LogP contribution in [0.4, 0.5) is 0 Å². The summed E-state index contributed by atoms with van der Waals surface area (Å²) in [5.41, 5.74) is 1.03. The Morgan fingerprint density at radius 1 is 0.875 bits per heavy atom. The minimum Gasteiger partial charge on any atom is -0.460 e. The quantitative estimate of drug-likeness (QED) is 0.121. The van der Waals surface area contributed by atoms with Gasteiger partial charge in [0.2, 0.25) is 5.79 Å². The first-order valence-corrected chi connectivity index (χ1v) is 27.9. The lowest BCUT2D eigenvalue weighted by molar-refractivity contribution is -0.266. The first-order valence-electron chi connectivity index (χ1n) is 26.0. The molecule has 17 nitrogen and oxygen atoms in total. The summed E-state index contributed by atoms with van der Waals surface area (Å²) in [5.74, 6) is -9.57. The fraction of sp³-hybridized carbons (Fsp3) is 0.759. The number of nitrogens with zero attached hydrogens (tertiary/aromatic N) is 1. The van der Waals surface area contributed by atoms with Crippen LogP contribution in [0.3, 0.4) is 0 Å². The van der Waals surface area contributed by atoms with Crippen molar-refractivity contribution in [2.45, 2.75) is 180 Å². The largest absolute Gasteiger partial charge is 0.460 e. The first-order chi connectivity index (χ1) is 34.0. The maximum absolute atomic E-state index is 14.5. The molecule has 4 aliphatic rings. The Morgan fingerprint density at radius 2 is 1.60 bits per heavy atom. The maximum Gasteiger partial charge on any atom is 0.329 e. The topological polar surface area (TPSA) is 250 Å². The normalized spacial score (nSPS) is 37.9. The number of esters is 1. The number of sulfone groups is 1. The number of ether oxygens (including phenoxy) is 5. The molecule has 1 unspecified atom stereocenters. The lowest BCUT2D eigenvalue weighted by Gasteiger charge is -2.43. The van der Waals surface area contributed by atoms with Gasteiger partial charge in [0.25, 0.3) is 11.7 Å². The van der Waals surface area contributed by atoms with Gasteiger partial charge in [-0.25, -0.2) is 13.2 Å². The number of amides is 1. The van der Waals surface area contributed by atoms with E-state index in [1.807, 2.05) is 26.0 Å². The standard InChI is InChI=1S/C54H85NO16S/c1-33-15-11-10-12-16-34(2)45(69-24-26-72(65,66)25-23-56)31-41-20-18-39(7)54(64,71-41)51(61)52(62)55-22-14-13-17-42(55)53(63)70-46(36(4)29-40-19-21-43(57)47(30-40)67-8)32-44(58)35(3)28-38(6)49(60)50(68-9)48(59)37(5)27-33/h10-12,15-16,28,33,35-37,39-43,45-47,49-50,56-57,60,64H,13-14,17-27,29-32H2,1-9H3/b12-10+,15-11+,34-16+,38-28+/t33-,35-,36-,37-,39-,40+,41+,42+,43-,45?,46+,47-,49-,50+,54-/m1/s1. The van der Waals surface area contributed by atoms with Crippen molar-refractivity contribution in [1.82, 2.24) is 4.90 Å². The Labute approximate surface area is 427 Å². The van der Waals surface area contributed by atoms with Crippen molar-refractivity contribution in [2.75, 3.05) is 45.5 Å². The molecule has 408 valence electrons. The lowest BCUT2D eigenvalue weighted by atomic mass is 9.78. The third-order valence-corrected chi connectivity index (χ3v) is 16.9. The van der Waals surface area contributed by atoms with Gasteiger partial charge in [-0.15, -0.1) is 0 Å².